The Balaban J connectivity index is 0.00000261. The highest BCUT2D eigenvalue weighted by molar-refractivity contribution is 5.89. The first-order chi connectivity index (χ1) is 12.6. The summed E-state index contributed by atoms with van der Waals surface area (Å²) in [7, 11) is 1.32. The minimum absolute atomic E-state index is 0. The van der Waals surface area contributed by atoms with Crippen molar-refractivity contribution < 1.29 is 19.1 Å². The first-order valence-electron chi connectivity index (χ1n) is 8.52. The predicted octanol–water partition coefficient (Wildman–Crippen LogP) is 3.07. The molecule has 2 aromatic rings. The third kappa shape index (κ3) is 4.78. The minimum atomic E-state index is -0.432. The van der Waals surface area contributed by atoms with E-state index in [1.807, 2.05) is 18.2 Å². The molecule has 3 rings (SSSR count). The third-order valence-corrected chi connectivity index (χ3v) is 4.71. The van der Waals surface area contributed by atoms with Gasteiger partial charge in [0.1, 0.15) is 5.75 Å². The van der Waals surface area contributed by atoms with E-state index < -0.39 is 12.1 Å². The average molecular weight is 391 g/mol. The van der Waals surface area contributed by atoms with Crippen LogP contribution in [0.3, 0.4) is 0 Å². The van der Waals surface area contributed by atoms with E-state index in [4.69, 9.17) is 10.5 Å². The molecule has 1 amide bonds. The highest BCUT2D eigenvalue weighted by Crippen LogP contribution is 2.32. The Morgan fingerprint density at radius 2 is 1.74 bits per heavy atom. The van der Waals surface area contributed by atoms with Gasteiger partial charge in [-0.3, -0.25) is 0 Å². The van der Waals surface area contributed by atoms with Crippen LogP contribution < -0.4 is 10.5 Å². The van der Waals surface area contributed by atoms with Crippen molar-refractivity contribution in [2.24, 2.45) is 11.7 Å². The van der Waals surface area contributed by atoms with Crippen LogP contribution in [0.2, 0.25) is 0 Å². The van der Waals surface area contributed by atoms with Gasteiger partial charge < -0.3 is 20.1 Å². The number of likely N-dealkylation sites (tertiary alicyclic amines) is 1. The first kappa shape index (κ1) is 20.7. The van der Waals surface area contributed by atoms with E-state index in [-0.39, 0.29) is 24.2 Å². The van der Waals surface area contributed by atoms with E-state index >= 15 is 0 Å². The molecule has 1 saturated heterocycles. The van der Waals surface area contributed by atoms with Crippen molar-refractivity contribution in [2.45, 2.75) is 5.92 Å². The van der Waals surface area contributed by atoms with Gasteiger partial charge in [0.2, 0.25) is 0 Å². The van der Waals surface area contributed by atoms with E-state index in [0.29, 0.717) is 30.9 Å². The van der Waals surface area contributed by atoms with Crippen molar-refractivity contribution >= 4 is 24.5 Å². The van der Waals surface area contributed by atoms with Crippen LogP contribution in [0.4, 0.5) is 4.79 Å². The summed E-state index contributed by atoms with van der Waals surface area (Å²) in [6, 6.07) is 16.4. The zero-order valence-electron chi connectivity index (χ0n) is 15.0. The molecule has 0 unspecified atom stereocenters. The topological polar surface area (TPSA) is 81.9 Å². The van der Waals surface area contributed by atoms with E-state index in [9.17, 15) is 9.59 Å². The highest BCUT2D eigenvalue weighted by Gasteiger charge is 2.36. The molecule has 0 aromatic heterocycles. The third-order valence-electron chi connectivity index (χ3n) is 4.71. The van der Waals surface area contributed by atoms with Crippen molar-refractivity contribution in [1.82, 2.24) is 4.90 Å². The quantitative estimate of drug-likeness (QED) is 0.811. The molecule has 2 atom stereocenters. The van der Waals surface area contributed by atoms with E-state index in [1.54, 1.807) is 29.2 Å². The largest absolute Gasteiger partial charge is 0.465 e. The molecule has 6 nitrogen and oxygen atoms in total. The van der Waals surface area contributed by atoms with Crippen LogP contribution in [-0.2, 0) is 4.74 Å². The second-order valence-electron chi connectivity index (χ2n) is 6.30. The number of halogens is 1. The summed E-state index contributed by atoms with van der Waals surface area (Å²) in [6.45, 7) is 1.65. The average Bonchev–Trinajstić information content (AvgIpc) is 3.13. The van der Waals surface area contributed by atoms with Gasteiger partial charge in [0.05, 0.1) is 12.7 Å². The maximum Gasteiger partial charge on any atom is 0.415 e. The van der Waals surface area contributed by atoms with Crippen molar-refractivity contribution in [3.63, 3.8) is 0 Å². The molecular weight excluding hydrogens is 368 g/mol. The van der Waals surface area contributed by atoms with Gasteiger partial charge >= 0.3 is 12.1 Å². The molecular formula is C20H23ClN2O4. The van der Waals surface area contributed by atoms with E-state index in [2.05, 4.69) is 16.9 Å². The second kappa shape index (κ2) is 9.39. The van der Waals surface area contributed by atoms with Crippen LogP contribution in [0.15, 0.2) is 54.6 Å². The summed E-state index contributed by atoms with van der Waals surface area (Å²) < 4.78 is 10.1. The van der Waals surface area contributed by atoms with Gasteiger partial charge in [-0.25, -0.2) is 9.59 Å². The molecule has 0 saturated carbocycles. The van der Waals surface area contributed by atoms with Crippen molar-refractivity contribution in [3.8, 4) is 5.75 Å². The molecule has 0 radical (unpaired) electrons. The standard InChI is InChI=1S/C20H22N2O4.ClH/c1-25-19(23)15-7-9-17(10-8-15)26-20(24)22-12-16(11-21)18(13-22)14-5-3-2-4-6-14;/h2-10,16,18H,11-13,21H2,1H3;1H/t16-,18+;/m0./s1. The molecule has 2 aromatic carbocycles. The monoisotopic (exact) mass is 390 g/mol. The lowest BCUT2D eigenvalue weighted by atomic mass is 9.89. The van der Waals surface area contributed by atoms with Crippen LogP contribution in [-0.4, -0.2) is 43.7 Å². The van der Waals surface area contributed by atoms with Gasteiger partial charge in [0.15, 0.2) is 0 Å². The predicted molar refractivity (Wildman–Crippen MR) is 104 cm³/mol. The Bertz CT molecular complexity index is 767. The molecule has 0 spiro atoms. The van der Waals surface area contributed by atoms with Gasteiger partial charge in [0.25, 0.3) is 0 Å². The lowest BCUT2D eigenvalue weighted by molar-refractivity contribution is 0.0600. The number of hydrogen-bond acceptors (Lipinski definition) is 5. The Hall–Kier alpha value is -2.57. The molecule has 144 valence electrons. The number of hydrogen-bond donors (Lipinski definition) is 1. The Kier molecular flexibility index (Phi) is 7.21. The van der Waals surface area contributed by atoms with Gasteiger partial charge in [0, 0.05) is 19.0 Å². The van der Waals surface area contributed by atoms with Crippen LogP contribution in [0.1, 0.15) is 21.8 Å². The Morgan fingerprint density at radius 3 is 2.33 bits per heavy atom. The molecule has 1 fully saturated rings. The van der Waals surface area contributed by atoms with Crippen LogP contribution in [0.5, 0.6) is 5.75 Å². The number of esters is 1. The van der Waals surface area contributed by atoms with Gasteiger partial charge in [-0.2, -0.15) is 0 Å². The lowest BCUT2D eigenvalue weighted by Crippen LogP contribution is -2.32. The Labute approximate surface area is 164 Å². The summed E-state index contributed by atoms with van der Waals surface area (Å²) in [5, 5.41) is 0. The van der Waals surface area contributed by atoms with E-state index in [1.165, 1.54) is 12.7 Å². The maximum absolute atomic E-state index is 12.5. The number of amides is 1. The van der Waals surface area contributed by atoms with Crippen molar-refractivity contribution in [2.75, 3.05) is 26.7 Å². The number of benzene rings is 2. The molecule has 0 aliphatic carbocycles. The minimum Gasteiger partial charge on any atom is -0.465 e. The number of ether oxygens (including phenoxy) is 2. The number of rotatable bonds is 4. The van der Waals surface area contributed by atoms with Crippen LogP contribution in [0, 0.1) is 5.92 Å². The van der Waals surface area contributed by atoms with Crippen molar-refractivity contribution in [1.29, 1.82) is 0 Å². The summed E-state index contributed by atoms with van der Waals surface area (Å²) in [6.07, 6.45) is -0.410. The zero-order valence-corrected chi connectivity index (χ0v) is 15.9. The first-order valence-corrected chi connectivity index (χ1v) is 8.52. The number of nitrogens with zero attached hydrogens (tertiary/aromatic N) is 1. The molecule has 27 heavy (non-hydrogen) atoms. The molecule has 1 aliphatic rings. The molecule has 7 heteroatoms. The van der Waals surface area contributed by atoms with Crippen molar-refractivity contribution in [3.05, 3.63) is 65.7 Å². The smallest absolute Gasteiger partial charge is 0.415 e. The van der Waals surface area contributed by atoms with Crippen LogP contribution in [0.25, 0.3) is 0 Å². The SMILES string of the molecule is COC(=O)c1ccc(OC(=O)N2C[C@H](CN)[C@@H](c3ccccc3)C2)cc1.Cl. The number of methoxy groups -OCH3 is 1. The summed E-state index contributed by atoms with van der Waals surface area (Å²) in [5.41, 5.74) is 7.50. The highest BCUT2D eigenvalue weighted by atomic mass is 35.5. The normalized spacial score (nSPS) is 18.5. The summed E-state index contributed by atoms with van der Waals surface area (Å²) in [5.74, 6) is 0.358. The molecule has 0 bridgehead atoms. The fourth-order valence-electron chi connectivity index (χ4n) is 3.28. The molecule has 1 aliphatic heterocycles. The number of nitrogens with two attached hydrogens (primary N) is 1. The lowest BCUT2D eigenvalue weighted by Gasteiger charge is -2.16. The van der Waals surface area contributed by atoms with Gasteiger partial charge in [-0.15, -0.1) is 12.4 Å². The van der Waals surface area contributed by atoms with Crippen LogP contribution >= 0.6 is 12.4 Å². The molecule has 1 heterocycles. The van der Waals surface area contributed by atoms with Gasteiger partial charge in [-0.1, -0.05) is 30.3 Å². The maximum atomic E-state index is 12.5. The Morgan fingerprint density at radius 1 is 1.07 bits per heavy atom. The second-order valence-corrected chi connectivity index (χ2v) is 6.30. The number of carbonyl (C=O) groups excluding carboxylic acids is 2. The summed E-state index contributed by atoms with van der Waals surface area (Å²) in [4.78, 5) is 25.6. The van der Waals surface area contributed by atoms with E-state index in [0.717, 1.165) is 0 Å². The molecule has 2 N–H and O–H groups in total. The number of carbonyl (C=O) groups is 2. The zero-order chi connectivity index (χ0) is 18.5. The fourth-order valence-corrected chi connectivity index (χ4v) is 3.28. The fraction of sp³-hybridized carbons (Fsp3) is 0.300. The van der Waals surface area contributed by atoms with Gasteiger partial charge in [-0.05, 0) is 42.3 Å². The summed E-state index contributed by atoms with van der Waals surface area (Å²) >= 11 is 0.